The third-order valence-corrected chi connectivity index (χ3v) is 3.82. The quantitative estimate of drug-likeness (QED) is 0.889. The Morgan fingerprint density at radius 1 is 0.947 bits per heavy atom. The van der Waals surface area contributed by atoms with Gasteiger partial charge in [-0.15, -0.1) is 0 Å². The summed E-state index contributed by atoms with van der Waals surface area (Å²) in [5.74, 6) is 0. The van der Waals surface area contributed by atoms with E-state index >= 15 is 0 Å². The highest BCUT2D eigenvalue weighted by Crippen LogP contribution is 2.48. The summed E-state index contributed by atoms with van der Waals surface area (Å²) in [7, 11) is 4.15. The van der Waals surface area contributed by atoms with E-state index in [0.29, 0.717) is 0 Å². The van der Waals surface area contributed by atoms with Crippen molar-refractivity contribution in [3.63, 3.8) is 0 Å². The first kappa shape index (κ1) is 12.1. The van der Waals surface area contributed by atoms with Crippen LogP contribution >= 0.6 is 0 Å². The molecule has 2 aromatic rings. The molecule has 3 rings (SSSR count). The Balaban J connectivity index is 1.84. The molecule has 0 radical (unpaired) electrons. The molecule has 2 nitrogen and oxygen atoms in total. The average Bonchev–Trinajstić information content (AvgIpc) is 3.21. The highest BCUT2D eigenvalue weighted by Gasteiger charge is 2.44. The lowest BCUT2D eigenvalue weighted by Crippen LogP contribution is -2.19. The summed E-state index contributed by atoms with van der Waals surface area (Å²) in [6.45, 7) is 0. The van der Waals surface area contributed by atoms with E-state index in [9.17, 15) is 0 Å². The van der Waals surface area contributed by atoms with Gasteiger partial charge in [0.2, 0.25) is 0 Å². The number of anilines is 2. The second kappa shape index (κ2) is 4.61. The summed E-state index contributed by atoms with van der Waals surface area (Å²) in [4.78, 5) is 2.13. The summed E-state index contributed by atoms with van der Waals surface area (Å²) in [5.41, 5.74) is 3.98. The normalized spacial score (nSPS) is 15.9. The Bertz CT molecular complexity index is 556. The van der Waals surface area contributed by atoms with Gasteiger partial charge in [0.1, 0.15) is 0 Å². The molecule has 0 bridgehead atoms. The molecule has 19 heavy (non-hydrogen) atoms. The number of rotatable bonds is 4. The minimum atomic E-state index is 0.159. The summed E-state index contributed by atoms with van der Waals surface area (Å²) in [5, 5.41) is 3.71. The zero-order valence-electron chi connectivity index (χ0n) is 11.6. The van der Waals surface area contributed by atoms with Crippen molar-refractivity contribution in [3.8, 4) is 0 Å². The second-order valence-corrected chi connectivity index (χ2v) is 5.52. The van der Waals surface area contributed by atoms with Crippen LogP contribution in [0.5, 0.6) is 0 Å². The molecule has 1 aliphatic rings. The van der Waals surface area contributed by atoms with Crippen molar-refractivity contribution in [2.75, 3.05) is 24.3 Å². The van der Waals surface area contributed by atoms with E-state index < -0.39 is 0 Å². The fourth-order valence-corrected chi connectivity index (χ4v) is 2.51. The Labute approximate surface area is 115 Å². The summed E-state index contributed by atoms with van der Waals surface area (Å²) >= 11 is 0. The molecule has 0 spiro atoms. The topological polar surface area (TPSA) is 15.3 Å². The summed E-state index contributed by atoms with van der Waals surface area (Å²) in [6, 6.07) is 19.4. The first-order valence-corrected chi connectivity index (χ1v) is 6.81. The van der Waals surface area contributed by atoms with Crippen LogP contribution in [0.3, 0.4) is 0 Å². The van der Waals surface area contributed by atoms with Gasteiger partial charge < -0.3 is 10.2 Å². The Morgan fingerprint density at radius 2 is 1.68 bits per heavy atom. The van der Waals surface area contributed by atoms with E-state index in [-0.39, 0.29) is 5.54 Å². The molecule has 1 aliphatic carbocycles. The predicted molar refractivity (Wildman–Crippen MR) is 81.7 cm³/mol. The van der Waals surface area contributed by atoms with Crippen LogP contribution in [0.2, 0.25) is 0 Å². The van der Waals surface area contributed by atoms with Gasteiger partial charge in [-0.1, -0.05) is 36.4 Å². The lowest BCUT2D eigenvalue weighted by molar-refractivity contribution is 0.808. The van der Waals surface area contributed by atoms with E-state index in [2.05, 4.69) is 78.9 Å². The van der Waals surface area contributed by atoms with Crippen LogP contribution in [0.15, 0.2) is 54.6 Å². The molecular formula is C17H20N2. The standard InChI is InChI=1S/C17H20N2/c1-19(2)16-10-6-9-15(13-16)18-17(11-12-17)14-7-4-3-5-8-14/h3-10,13,18H,11-12H2,1-2H3. The van der Waals surface area contributed by atoms with Gasteiger partial charge in [-0.05, 0) is 36.6 Å². The van der Waals surface area contributed by atoms with Gasteiger partial charge in [0.25, 0.3) is 0 Å². The van der Waals surface area contributed by atoms with Gasteiger partial charge >= 0.3 is 0 Å². The third kappa shape index (κ3) is 2.43. The largest absolute Gasteiger partial charge is 0.378 e. The maximum absolute atomic E-state index is 3.71. The van der Waals surface area contributed by atoms with E-state index in [1.165, 1.54) is 29.8 Å². The first-order valence-electron chi connectivity index (χ1n) is 6.81. The fourth-order valence-electron chi connectivity index (χ4n) is 2.51. The van der Waals surface area contributed by atoms with Crippen LogP contribution in [0.4, 0.5) is 11.4 Å². The molecule has 0 heterocycles. The van der Waals surface area contributed by atoms with Gasteiger partial charge in [0, 0.05) is 25.5 Å². The second-order valence-electron chi connectivity index (χ2n) is 5.52. The van der Waals surface area contributed by atoms with Crippen molar-refractivity contribution in [2.45, 2.75) is 18.4 Å². The number of nitrogens with zero attached hydrogens (tertiary/aromatic N) is 1. The van der Waals surface area contributed by atoms with Gasteiger partial charge in [-0.3, -0.25) is 0 Å². The van der Waals surface area contributed by atoms with Crippen LogP contribution in [0.25, 0.3) is 0 Å². The van der Waals surface area contributed by atoms with E-state index in [1.54, 1.807) is 0 Å². The smallest absolute Gasteiger partial charge is 0.0627 e. The van der Waals surface area contributed by atoms with Gasteiger partial charge in [-0.2, -0.15) is 0 Å². The first-order chi connectivity index (χ1) is 9.20. The van der Waals surface area contributed by atoms with Crippen molar-refractivity contribution in [1.82, 2.24) is 0 Å². The minimum absolute atomic E-state index is 0.159. The van der Waals surface area contributed by atoms with Crippen LogP contribution in [-0.2, 0) is 5.54 Å². The zero-order chi connectivity index (χ0) is 13.3. The number of hydrogen-bond donors (Lipinski definition) is 1. The molecule has 0 aliphatic heterocycles. The number of hydrogen-bond acceptors (Lipinski definition) is 2. The maximum Gasteiger partial charge on any atom is 0.0627 e. The van der Waals surface area contributed by atoms with Crippen molar-refractivity contribution >= 4 is 11.4 Å². The number of nitrogens with one attached hydrogen (secondary N) is 1. The molecule has 0 atom stereocenters. The van der Waals surface area contributed by atoms with Crippen LogP contribution in [-0.4, -0.2) is 14.1 Å². The molecule has 1 saturated carbocycles. The molecule has 0 unspecified atom stereocenters. The van der Waals surface area contributed by atoms with Crippen LogP contribution in [0, 0.1) is 0 Å². The third-order valence-electron chi connectivity index (χ3n) is 3.82. The van der Waals surface area contributed by atoms with E-state index in [1.807, 2.05) is 0 Å². The van der Waals surface area contributed by atoms with Gasteiger partial charge in [0.05, 0.1) is 5.54 Å². The molecule has 2 heteroatoms. The molecular weight excluding hydrogens is 232 g/mol. The molecule has 1 fully saturated rings. The van der Waals surface area contributed by atoms with Gasteiger partial charge in [-0.25, -0.2) is 0 Å². The van der Waals surface area contributed by atoms with Crippen LogP contribution < -0.4 is 10.2 Å². The van der Waals surface area contributed by atoms with Gasteiger partial charge in [0.15, 0.2) is 0 Å². The van der Waals surface area contributed by atoms with Crippen molar-refractivity contribution in [3.05, 3.63) is 60.2 Å². The van der Waals surface area contributed by atoms with E-state index in [4.69, 9.17) is 0 Å². The molecule has 2 aromatic carbocycles. The fraction of sp³-hybridized carbons (Fsp3) is 0.294. The monoisotopic (exact) mass is 252 g/mol. The Morgan fingerprint density at radius 3 is 2.32 bits per heavy atom. The molecule has 0 amide bonds. The Kier molecular flexibility index (Phi) is 2.94. The lowest BCUT2D eigenvalue weighted by Gasteiger charge is -2.21. The molecule has 1 N–H and O–H groups in total. The molecule has 0 aromatic heterocycles. The highest BCUT2D eigenvalue weighted by atomic mass is 15.1. The molecule has 0 saturated heterocycles. The average molecular weight is 252 g/mol. The summed E-state index contributed by atoms with van der Waals surface area (Å²) < 4.78 is 0. The SMILES string of the molecule is CN(C)c1cccc(NC2(c3ccccc3)CC2)c1. The van der Waals surface area contributed by atoms with Crippen molar-refractivity contribution in [1.29, 1.82) is 0 Å². The summed E-state index contributed by atoms with van der Waals surface area (Å²) in [6.07, 6.45) is 2.42. The van der Waals surface area contributed by atoms with Crippen molar-refractivity contribution < 1.29 is 0 Å². The van der Waals surface area contributed by atoms with Crippen LogP contribution in [0.1, 0.15) is 18.4 Å². The highest BCUT2D eigenvalue weighted by molar-refractivity contribution is 5.60. The minimum Gasteiger partial charge on any atom is -0.378 e. The zero-order valence-corrected chi connectivity index (χ0v) is 11.6. The maximum atomic E-state index is 3.71. The number of benzene rings is 2. The Hall–Kier alpha value is -1.96. The molecule has 98 valence electrons. The lowest BCUT2D eigenvalue weighted by atomic mass is 10.0. The predicted octanol–water partition coefficient (Wildman–Crippen LogP) is 3.85. The van der Waals surface area contributed by atoms with E-state index in [0.717, 1.165) is 0 Å². The van der Waals surface area contributed by atoms with Crippen molar-refractivity contribution in [2.24, 2.45) is 0 Å².